The Kier molecular flexibility index (Phi) is 3.59. The van der Waals surface area contributed by atoms with Crippen molar-refractivity contribution in [2.45, 2.75) is 25.0 Å². The third-order valence-electron chi connectivity index (χ3n) is 4.60. The third-order valence-corrected chi connectivity index (χ3v) is 4.60. The Hall–Kier alpha value is -2.24. The van der Waals surface area contributed by atoms with Crippen molar-refractivity contribution in [3.05, 3.63) is 48.9 Å². The average Bonchev–Trinajstić information content (AvgIpc) is 2.98. The van der Waals surface area contributed by atoms with Gasteiger partial charge in [-0.15, -0.1) is 0 Å². The fourth-order valence-corrected chi connectivity index (χ4v) is 3.26. The Morgan fingerprint density at radius 2 is 1.87 bits per heavy atom. The summed E-state index contributed by atoms with van der Waals surface area (Å²) in [5.41, 5.74) is 3.40. The average molecular weight is 308 g/mol. The van der Waals surface area contributed by atoms with Gasteiger partial charge in [0.1, 0.15) is 0 Å². The zero-order valence-corrected chi connectivity index (χ0v) is 12.9. The molecule has 4 rings (SSSR count). The summed E-state index contributed by atoms with van der Waals surface area (Å²) in [6, 6.07) is 10.1. The number of aliphatic hydroxyl groups is 1. The SMILES string of the molecule is OC1(Cn2ccc3nc(-c4ccncc4)ccc32)CCNCC1. The molecular weight excluding hydrogens is 288 g/mol. The Bertz CT molecular complexity index is 806. The molecule has 5 nitrogen and oxygen atoms in total. The lowest BCUT2D eigenvalue weighted by atomic mass is 9.92. The minimum atomic E-state index is -0.624. The molecule has 1 saturated heterocycles. The number of nitrogens with zero attached hydrogens (tertiary/aromatic N) is 3. The summed E-state index contributed by atoms with van der Waals surface area (Å²) in [5.74, 6) is 0. The molecular formula is C18H20N4O. The van der Waals surface area contributed by atoms with Crippen molar-refractivity contribution in [2.24, 2.45) is 0 Å². The zero-order valence-electron chi connectivity index (χ0n) is 12.9. The van der Waals surface area contributed by atoms with Crippen LogP contribution in [0.3, 0.4) is 0 Å². The van der Waals surface area contributed by atoms with Gasteiger partial charge in [0.05, 0.1) is 28.9 Å². The number of pyridine rings is 2. The van der Waals surface area contributed by atoms with Gasteiger partial charge in [-0.3, -0.25) is 4.98 Å². The number of hydrogen-bond donors (Lipinski definition) is 2. The Morgan fingerprint density at radius 1 is 1.09 bits per heavy atom. The van der Waals surface area contributed by atoms with Crippen molar-refractivity contribution in [1.82, 2.24) is 19.9 Å². The second-order valence-electron chi connectivity index (χ2n) is 6.25. The van der Waals surface area contributed by atoms with Crippen molar-refractivity contribution < 1.29 is 5.11 Å². The topological polar surface area (TPSA) is 63.0 Å². The van der Waals surface area contributed by atoms with Gasteiger partial charge in [0.2, 0.25) is 0 Å². The van der Waals surface area contributed by atoms with Crippen LogP contribution in [0.4, 0.5) is 0 Å². The first-order chi connectivity index (χ1) is 11.2. The van der Waals surface area contributed by atoms with Gasteiger partial charge in [0, 0.05) is 24.2 Å². The molecule has 5 heteroatoms. The van der Waals surface area contributed by atoms with Crippen molar-refractivity contribution in [3.63, 3.8) is 0 Å². The fraction of sp³-hybridized carbons (Fsp3) is 0.333. The number of piperidine rings is 1. The summed E-state index contributed by atoms with van der Waals surface area (Å²) >= 11 is 0. The molecule has 0 aromatic carbocycles. The van der Waals surface area contributed by atoms with Crippen molar-refractivity contribution in [1.29, 1.82) is 0 Å². The monoisotopic (exact) mass is 308 g/mol. The summed E-state index contributed by atoms with van der Waals surface area (Å²) in [6.45, 7) is 2.37. The third kappa shape index (κ3) is 2.85. The molecule has 118 valence electrons. The van der Waals surface area contributed by atoms with Gasteiger partial charge >= 0.3 is 0 Å². The second kappa shape index (κ2) is 5.76. The molecule has 1 aliphatic heterocycles. The molecule has 1 aliphatic rings. The van der Waals surface area contributed by atoms with Crippen molar-refractivity contribution >= 4 is 11.0 Å². The highest BCUT2D eigenvalue weighted by Gasteiger charge is 2.29. The molecule has 0 aliphatic carbocycles. The van der Waals surface area contributed by atoms with Crippen LogP contribution in [0.25, 0.3) is 22.3 Å². The summed E-state index contributed by atoms with van der Waals surface area (Å²) < 4.78 is 2.12. The molecule has 0 bridgehead atoms. The number of aromatic nitrogens is 3. The quantitative estimate of drug-likeness (QED) is 0.779. The van der Waals surface area contributed by atoms with Gasteiger partial charge < -0.3 is 15.0 Å². The van der Waals surface area contributed by atoms with Crippen LogP contribution in [0.2, 0.25) is 0 Å². The highest BCUT2D eigenvalue weighted by Crippen LogP contribution is 2.25. The fourth-order valence-electron chi connectivity index (χ4n) is 3.26. The lowest BCUT2D eigenvalue weighted by Gasteiger charge is -2.33. The van der Waals surface area contributed by atoms with Crippen molar-refractivity contribution in [3.8, 4) is 11.3 Å². The predicted molar refractivity (Wildman–Crippen MR) is 90.0 cm³/mol. The molecule has 2 N–H and O–H groups in total. The van der Waals surface area contributed by atoms with Crippen LogP contribution < -0.4 is 5.32 Å². The number of rotatable bonds is 3. The van der Waals surface area contributed by atoms with E-state index in [2.05, 4.69) is 20.9 Å². The number of hydrogen-bond acceptors (Lipinski definition) is 4. The molecule has 0 unspecified atom stereocenters. The molecule has 4 heterocycles. The molecule has 0 atom stereocenters. The van der Waals surface area contributed by atoms with E-state index in [0.29, 0.717) is 6.54 Å². The van der Waals surface area contributed by atoms with Crippen LogP contribution in [0, 0.1) is 0 Å². The van der Waals surface area contributed by atoms with E-state index < -0.39 is 5.60 Å². The summed E-state index contributed by atoms with van der Waals surface area (Å²) in [7, 11) is 0. The van der Waals surface area contributed by atoms with Gasteiger partial charge in [-0.25, -0.2) is 4.98 Å². The Morgan fingerprint density at radius 3 is 2.65 bits per heavy atom. The first-order valence-electron chi connectivity index (χ1n) is 8.03. The summed E-state index contributed by atoms with van der Waals surface area (Å²) in [6.07, 6.45) is 7.15. The normalized spacial score (nSPS) is 17.4. The van der Waals surface area contributed by atoms with E-state index in [1.807, 2.05) is 30.5 Å². The first-order valence-corrected chi connectivity index (χ1v) is 8.03. The largest absolute Gasteiger partial charge is 0.388 e. The Balaban J connectivity index is 1.65. The highest BCUT2D eigenvalue weighted by molar-refractivity contribution is 5.79. The van der Waals surface area contributed by atoms with Crippen LogP contribution in [0.1, 0.15) is 12.8 Å². The van der Waals surface area contributed by atoms with E-state index in [-0.39, 0.29) is 0 Å². The number of fused-ring (bicyclic) bond motifs is 1. The molecule has 1 fully saturated rings. The molecule has 23 heavy (non-hydrogen) atoms. The molecule has 0 spiro atoms. The van der Waals surface area contributed by atoms with Gasteiger partial charge in [0.25, 0.3) is 0 Å². The molecule has 3 aromatic rings. The minimum absolute atomic E-state index is 0.620. The summed E-state index contributed by atoms with van der Waals surface area (Å²) in [4.78, 5) is 8.78. The van der Waals surface area contributed by atoms with Crippen LogP contribution in [0.5, 0.6) is 0 Å². The minimum Gasteiger partial charge on any atom is -0.388 e. The molecule has 0 radical (unpaired) electrons. The van der Waals surface area contributed by atoms with Gasteiger partial charge in [-0.1, -0.05) is 0 Å². The van der Waals surface area contributed by atoms with E-state index in [1.54, 1.807) is 12.4 Å². The predicted octanol–water partition coefficient (Wildman–Crippen LogP) is 2.21. The molecule has 0 saturated carbocycles. The van der Waals surface area contributed by atoms with Gasteiger partial charge in [0.15, 0.2) is 0 Å². The zero-order chi connectivity index (χ0) is 15.7. The van der Waals surface area contributed by atoms with Crippen LogP contribution in [-0.2, 0) is 6.54 Å². The van der Waals surface area contributed by atoms with E-state index in [4.69, 9.17) is 4.98 Å². The Labute approximate surface area is 135 Å². The maximum Gasteiger partial charge on any atom is 0.0888 e. The second-order valence-corrected chi connectivity index (χ2v) is 6.25. The van der Waals surface area contributed by atoms with Gasteiger partial charge in [-0.05, 0) is 56.3 Å². The van der Waals surface area contributed by atoms with E-state index in [0.717, 1.165) is 48.2 Å². The van der Waals surface area contributed by atoms with Gasteiger partial charge in [-0.2, -0.15) is 0 Å². The van der Waals surface area contributed by atoms with Crippen LogP contribution in [-0.4, -0.2) is 38.3 Å². The molecule has 0 amide bonds. The van der Waals surface area contributed by atoms with Crippen LogP contribution in [0.15, 0.2) is 48.9 Å². The summed E-state index contributed by atoms with van der Waals surface area (Å²) in [5, 5.41) is 14.0. The standard InChI is InChI=1S/C18H20N4O/c23-18(6-10-20-11-7-18)13-22-12-5-16-17(22)2-1-15(21-16)14-3-8-19-9-4-14/h1-5,8-9,12,20,23H,6-7,10-11,13H2. The van der Waals surface area contributed by atoms with Crippen LogP contribution >= 0.6 is 0 Å². The molecule has 3 aromatic heterocycles. The van der Waals surface area contributed by atoms with Crippen molar-refractivity contribution in [2.75, 3.05) is 13.1 Å². The number of nitrogens with one attached hydrogen (secondary N) is 1. The highest BCUT2D eigenvalue weighted by atomic mass is 16.3. The maximum absolute atomic E-state index is 10.7. The lowest BCUT2D eigenvalue weighted by molar-refractivity contribution is -0.00432. The lowest BCUT2D eigenvalue weighted by Crippen LogP contribution is -2.44. The first kappa shape index (κ1) is 14.4. The van der Waals surface area contributed by atoms with E-state index in [9.17, 15) is 5.11 Å². The van der Waals surface area contributed by atoms with E-state index in [1.165, 1.54) is 0 Å². The van der Waals surface area contributed by atoms with E-state index >= 15 is 0 Å². The smallest absolute Gasteiger partial charge is 0.0888 e. The maximum atomic E-state index is 10.7.